The van der Waals surface area contributed by atoms with E-state index in [1.807, 2.05) is 0 Å². The molecule has 1 aromatic heterocycles. The molecule has 2 heteroatoms. The summed E-state index contributed by atoms with van der Waals surface area (Å²) in [5, 5.41) is 3.64. The van der Waals surface area contributed by atoms with Crippen LogP contribution in [0, 0.1) is 0 Å². The van der Waals surface area contributed by atoms with Crippen LogP contribution in [0.1, 0.15) is 96.1 Å². The van der Waals surface area contributed by atoms with Crippen molar-refractivity contribution in [3.63, 3.8) is 0 Å². The van der Waals surface area contributed by atoms with E-state index in [0.29, 0.717) is 6.04 Å². The maximum atomic E-state index is 5.94. The standard InChI is InChI=1S/C19H35NO/c1-4-7-8-9-10-11-12-13-18(20-16-5-2)19-15-14-17(6-3)21-19/h14-15,18,20H,4-13,16H2,1-3H3. The molecule has 0 fully saturated rings. The molecule has 2 nitrogen and oxygen atoms in total. The normalized spacial score (nSPS) is 12.7. The molecule has 0 bridgehead atoms. The Balaban J connectivity index is 2.29. The van der Waals surface area contributed by atoms with Crippen molar-refractivity contribution >= 4 is 0 Å². The highest BCUT2D eigenvalue weighted by atomic mass is 16.3. The molecule has 0 aliphatic rings. The Morgan fingerprint density at radius 3 is 2.24 bits per heavy atom. The van der Waals surface area contributed by atoms with E-state index in [4.69, 9.17) is 4.42 Å². The molecule has 1 N–H and O–H groups in total. The first-order valence-corrected chi connectivity index (χ1v) is 9.13. The first-order valence-electron chi connectivity index (χ1n) is 9.13. The predicted molar refractivity (Wildman–Crippen MR) is 91.7 cm³/mol. The van der Waals surface area contributed by atoms with E-state index >= 15 is 0 Å². The molecule has 0 radical (unpaired) electrons. The Labute approximate surface area is 131 Å². The van der Waals surface area contributed by atoms with Crippen LogP contribution in [0.2, 0.25) is 0 Å². The monoisotopic (exact) mass is 293 g/mol. The summed E-state index contributed by atoms with van der Waals surface area (Å²) in [5.41, 5.74) is 0. The van der Waals surface area contributed by atoms with E-state index in [1.54, 1.807) is 0 Å². The number of aryl methyl sites for hydroxylation is 1. The Bertz CT molecular complexity index is 345. The van der Waals surface area contributed by atoms with Gasteiger partial charge in [0.15, 0.2) is 0 Å². The number of rotatable bonds is 13. The predicted octanol–water partition coefficient (Wildman–Crippen LogP) is 6.02. The second-order valence-electron chi connectivity index (χ2n) is 6.07. The highest BCUT2D eigenvalue weighted by Crippen LogP contribution is 2.23. The van der Waals surface area contributed by atoms with Crippen molar-refractivity contribution in [2.24, 2.45) is 0 Å². The SMILES string of the molecule is CCCCCCCCCC(NCCC)c1ccc(CC)o1. The minimum atomic E-state index is 0.404. The summed E-state index contributed by atoms with van der Waals surface area (Å²) in [6.07, 6.45) is 12.9. The maximum Gasteiger partial charge on any atom is 0.121 e. The van der Waals surface area contributed by atoms with Crippen molar-refractivity contribution in [2.45, 2.75) is 91.0 Å². The van der Waals surface area contributed by atoms with Crippen LogP contribution >= 0.6 is 0 Å². The second-order valence-corrected chi connectivity index (χ2v) is 6.07. The van der Waals surface area contributed by atoms with Crippen LogP contribution in [0.3, 0.4) is 0 Å². The van der Waals surface area contributed by atoms with Crippen molar-refractivity contribution in [1.82, 2.24) is 5.32 Å². The van der Waals surface area contributed by atoms with Gasteiger partial charge in [-0.05, 0) is 31.5 Å². The number of unbranched alkanes of at least 4 members (excludes halogenated alkanes) is 6. The number of hydrogen-bond donors (Lipinski definition) is 1. The second kappa shape index (κ2) is 11.9. The first kappa shape index (κ1) is 18.3. The Kier molecular flexibility index (Phi) is 10.3. The van der Waals surface area contributed by atoms with Crippen LogP contribution in [-0.2, 0) is 6.42 Å². The quantitative estimate of drug-likeness (QED) is 0.450. The summed E-state index contributed by atoms with van der Waals surface area (Å²) >= 11 is 0. The average Bonchev–Trinajstić information content (AvgIpc) is 2.98. The highest BCUT2D eigenvalue weighted by molar-refractivity contribution is 5.10. The van der Waals surface area contributed by atoms with Gasteiger partial charge in [-0.3, -0.25) is 0 Å². The molecule has 1 atom stereocenters. The van der Waals surface area contributed by atoms with Gasteiger partial charge in [-0.15, -0.1) is 0 Å². The van der Waals surface area contributed by atoms with E-state index in [-0.39, 0.29) is 0 Å². The summed E-state index contributed by atoms with van der Waals surface area (Å²) in [5.74, 6) is 2.24. The van der Waals surface area contributed by atoms with Gasteiger partial charge >= 0.3 is 0 Å². The van der Waals surface area contributed by atoms with Crippen molar-refractivity contribution in [3.05, 3.63) is 23.7 Å². The zero-order chi connectivity index (χ0) is 15.3. The minimum absolute atomic E-state index is 0.404. The molecule has 0 saturated heterocycles. The molecule has 21 heavy (non-hydrogen) atoms. The van der Waals surface area contributed by atoms with Crippen molar-refractivity contribution in [2.75, 3.05) is 6.54 Å². The van der Waals surface area contributed by atoms with Gasteiger partial charge in [-0.1, -0.05) is 65.7 Å². The van der Waals surface area contributed by atoms with E-state index < -0.39 is 0 Å². The lowest BCUT2D eigenvalue weighted by Crippen LogP contribution is -2.21. The van der Waals surface area contributed by atoms with Crippen LogP contribution in [0.15, 0.2) is 16.5 Å². The van der Waals surface area contributed by atoms with Crippen molar-refractivity contribution < 1.29 is 4.42 Å². The number of nitrogens with one attached hydrogen (secondary N) is 1. The molecule has 1 rings (SSSR count). The van der Waals surface area contributed by atoms with E-state index in [9.17, 15) is 0 Å². The molecule has 122 valence electrons. The lowest BCUT2D eigenvalue weighted by Gasteiger charge is -2.16. The van der Waals surface area contributed by atoms with Crippen LogP contribution in [0.25, 0.3) is 0 Å². The smallest absolute Gasteiger partial charge is 0.121 e. The Morgan fingerprint density at radius 2 is 1.62 bits per heavy atom. The van der Waals surface area contributed by atoms with E-state index in [2.05, 4.69) is 38.2 Å². The van der Waals surface area contributed by atoms with Gasteiger partial charge in [0.1, 0.15) is 11.5 Å². The van der Waals surface area contributed by atoms with Gasteiger partial charge < -0.3 is 9.73 Å². The molecule has 0 spiro atoms. The molecule has 0 saturated carbocycles. The van der Waals surface area contributed by atoms with Gasteiger partial charge in [0.05, 0.1) is 6.04 Å². The largest absolute Gasteiger partial charge is 0.464 e. The molecule has 0 aliphatic carbocycles. The van der Waals surface area contributed by atoms with Crippen LogP contribution in [-0.4, -0.2) is 6.54 Å². The molecule has 0 aromatic carbocycles. The Morgan fingerprint density at radius 1 is 0.905 bits per heavy atom. The maximum absolute atomic E-state index is 5.94. The molecular weight excluding hydrogens is 258 g/mol. The fourth-order valence-electron chi connectivity index (χ4n) is 2.74. The van der Waals surface area contributed by atoms with Gasteiger partial charge in [0.25, 0.3) is 0 Å². The number of furan rings is 1. The third-order valence-corrected chi connectivity index (χ3v) is 4.11. The zero-order valence-electron chi connectivity index (χ0n) is 14.4. The van der Waals surface area contributed by atoms with Crippen LogP contribution in [0.5, 0.6) is 0 Å². The van der Waals surface area contributed by atoms with Gasteiger partial charge in [0.2, 0.25) is 0 Å². The summed E-state index contributed by atoms with van der Waals surface area (Å²) in [6, 6.07) is 4.69. The lowest BCUT2D eigenvalue weighted by molar-refractivity contribution is 0.370. The summed E-state index contributed by atoms with van der Waals surface area (Å²) in [7, 11) is 0. The first-order chi connectivity index (χ1) is 10.3. The molecule has 1 unspecified atom stereocenters. The average molecular weight is 293 g/mol. The van der Waals surface area contributed by atoms with Crippen LogP contribution in [0.4, 0.5) is 0 Å². The topological polar surface area (TPSA) is 25.2 Å². The van der Waals surface area contributed by atoms with E-state index in [0.717, 1.165) is 24.5 Å². The third kappa shape index (κ3) is 7.71. The minimum Gasteiger partial charge on any atom is -0.464 e. The molecular formula is C19H35NO. The van der Waals surface area contributed by atoms with Gasteiger partial charge in [-0.25, -0.2) is 0 Å². The Hall–Kier alpha value is -0.760. The molecule has 1 aromatic rings. The summed E-state index contributed by atoms with van der Waals surface area (Å²) < 4.78 is 5.94. The van der Waals surface area contributed by atoms with E-state index in [1.165, 1.54) is 57.8 Å². The third-order valence-electron chi connectivity index (χ3n) is 4.11. The lowest BCUT2D eigenvalue weighted by atomic mass is 10.0. The molecule has 0 amide bonds. The highest BCUT2D eigenvalue weighted by Gasteiger charge is 2.14. The fourth-order valence-corrected chi connectivity index (χ4v) is 2.74. The molecule has 1 heterocycles. The fraction of sp³-hybridized carbons (Fsp3) is 0.789. The van der Waals surface area contributed by atoms with Crippen molar-refractivity contribution in [3.8, 4) is 0 Å². The summed E-state index contributed by atoms with van der Waals surface area (Å²) in [4.78, 5) is 0. The van der Waals surface area contributed by atoms with Gasteiger partial charge in [-0.2, -0.15) is 0 Å². The molecule has 0 aliphatic heterocycles. The zero-order valence-corrected chi connectivity index (χ0v) is 14.4. The van der Waals surface area contributed by atoms with Crippen LogP contribution < -0.4 is 5.32 Å². The van der Waals surface area contributed by atoms with Gasteiger partial charge in [0, 0.05) is 6.42 Å². The van der Waals surface area contributed by atoms with Crippen molar-refractivity contribution in [1.29, 1.82) is 0 Å². The number of hydrogen-bond acceptors (Lipinski definition) is 2. The summed E-state index contributed by atoms with van der Waals surface area (Å²) in [6.45, 7) is 7.71.